The van der Waals surface area contributed by atoms with Gasteiger partial charge in [-0.25, -0.2) is 4.79 Å². The van der Waals surface area contributed by atoms with Gasteiger partial charge in [-0.15, -0.1) is 0 Å². The van der Waals surface area contributed by atoms with Crippen molar-refractivity contribution in [3.05, 3.63) is 35.4 Å². The summed E-state index contributed by atoms with van der Waals surface area (Å²) in [5.41, 5.74) is 2.02. The quantitative estimate of drug-likeness (QED) is 0.775. The molecule has 4 amide bonds. The number of rotatable bonds is 5. The molecule has 2 rings (SSSR count). The first kappa shape index (κ1) is 21.7. The Morgan fingerprint density at radius 1 is 1.07 bits per heavy atom. The van der Waals surface area contributed by atoms with E-state index >= 15 is 0 Å². The number of urea groups is 1. The van der Waals surface area contributed by atoms with E-state index in [1.165, 1.54) is 0 Å². The maximum Gasteiger partial charge on any atom is 0.405 e. The van der Waals surface area contributed by atoms with Crippen molar-refractivity contribution < 1.29 is 27.6 Å². The van der Waals surface area contributed by atoms with Crippen LogP contribution in [0.25, 0.3) is 0 Å². The summed E-state index contributed by atoms with van der Waals surface area (Å²) in [4.78, 5) is 38.9. The molecule has 0 bridgehead atoms. The molecule has 0 radical (unpaired) electrons. The van der Waals surface area contributed by atoms with Gasteiger partial charge in [-0.05, 0) is 18.1 Å². The molecule has 0 saturated carbocycles. The summed E-state index contributed by atoms with van der Waals surface area (Å²) in [5.74, 6) is -0.690. The minimum atomic E-state index is -4.54. The third-order valence-electron chi connectivity index (χ3n) is 4.40. The number of aryl methyl sites for hydroxylation is 1. The zero-order valence-electron chi connectivity index (χ0n) is 15.5. The van der Waals surface area contributed by atoms with Gasteiger partial charge in [0.1, 0.15) is 6.54 Å². The predicted octanol–water partition coefficient (Wildman–Crippen LogP) is 1.07. The molecule has 1 saturated heterocycles. The van der Waals surface area contributed by atoms with Crippen molar-refractivity contribution in [1.82, 2.24) is 20.4 Å². The number of nitrogens with zero attached hydrogens (tertiary/aromatic N) is 2. The largest absolute Gasteiger partial charge is 0.405 e. The van der Waals surface area contributed by atoms with Gasteiger partial charge in [0.15, 0.2) is 0 Å². The lowest BCUT2D eigenvalue weighted by atomic mass is 10.1. The van der Waals surface area contributed by atoms with Gasteiger partial charge in [0.25, 0.3) is 0 Å². The van der Waals surface area contributed by atoms with Gasteiger partial charge >= 0.3 is 12.2 Å². The molecule has 28 heavy (non-hydrogen) atoms. The van der Waals surface area contributed by atoms with Crippen molar-refractivity contribution in [3.63, 3.8) is 0 Å². The first-order valence-corrected chi connectivity index (χ1v) is 8.83. The van der Waals surface area contributed by atoms with Crippen LogP contribution in [-0.4, -0.2) is 73.1 Å². The molecular weight excluding hydrogens is 377 g/mol. The van der Waals surface area contributed by atoms with Crippen LogP contribution in [0.2, 0.25) is 0 Å². The Balaban J connectivity index is 1.71. The van der Waals surface area contributed by atoms with E-state index in [0.29, 0.717) is 32.6 Å². The molecule has 1 aromatic carbocycles. The number of nitrogens with one attached hydrogen (secondary N) is 2. The second kappa shape index (κ2) is 9.54. The Bertz CT molecular complexity index is 716. The van der Waals surface area contributed by atoms with E-state index in [1.807, 2.05) is 36.5 Å². The summed E-state index contributed by atoms with van der Waals surface area (Å²) in [6.45, 7) is 2.09. The van der Waals surface area contributed by atoms with Crippen LogP contribution in [0.3, 0.4) is 0 Å². The van der Waals surface area contributed by atoms with Gasteiger partial charge in [0.2, 0.25) is 11.8 Å². The van der Waals surface area contributed by atoms with E-state index in [2.05, 4.69) is 0 Å². The highest BCUT2D eigenvalue weighted by molar-refractivity contribution is 5.95. The molecule has 7 nitrogen and oxygen atoms in total. The zero-order chi connectivity index (χ0) is 20.7. The molecule has 0 atom stereocenters. The third kappa shape index (κ3) is 7.18. The Labute approximate surface area is 160 Å². The first-order chi connectivity index (χ1) is 13.1. The number of benzene rings is 1. The van der Waals surface area contributed by atoms with Gasteiger partial charge in [0, 0.05) is 26.2 Å². The van der Waals surface area contributed by atoms with Crippen molar-refractivity contribution in [3.8, 4) is 0 Å². The Morgan fingerprint density at radius 3 is 2.32 bits per heavy atom. The molecular formula is C18H23F3N4O3. The van der Waals surface area contributed by atoms with Crippen LogP contribution >= 0.6 is 0 Å². The average Bonchev–Trinajstić information content (AvgIpc) is 2.62. The standard InChI is InChI=1S/C18H23F3N4O3/c1-13-4-2-3-5-14(13)10-16(27)25-8-6-24(7-9-25)11-15(26)23-17(28)22-12-18(19,20)21/h2-5H,6-12H2,1H3,(H2,22,23,26,28). The minimum Gasteiger partial charge on any atom is -0.340 e. The van der Waals surface area contributed by atoms with E-state index in [1.54, 1.807) is 15.1 Å². The fraction of sp³-hybridized carbons (Fsp3) is 0.500. The lowest BCUT2D eigenvalue weighted by Gasteiger charge is -2.34. The first-order valence-electron chi connectivity index (χ1n) is 8.83. The summed E-state index contributed by atoms with van der Waals surface area (Å²) in [6.07, 6.45) is -4.23. The maximum absolute atomic E-state index is 12.4. The maximum atomic E-state index is 12.4. The lowest BCUT2D eigenvalue weighted by Crippen LogP contribution is -2.52. The number of hydrogen-bond donors (Lipinski definition) is 2. The monoisotopic (exact) mass is 400 g/mol. The molecule has 1 aliphatic heterocycles. The van der Waals surface area contributed by atoms with Crippen LogP contribution in [0.15, 0.2) is 24.3 Å². The van der Waals surface area contributed by atoms with Crippen LogP contribution in [0.5, 0.6) is 0 Å². The number of imide groups is 1. The highest BCUT2D eigenvalue weighted by Crippen LogP contribution is 2.12. The van der Waals surface area contributed by atoms with E-state index in [4.69, 9.17) is 0 Å². The van der Waals surface area contributed by atoms with E-state index < -0.39 is 24.7 Å². The zero-order valence-corrected chi connectivity index (χ0v) is 15.5. The Morgan fingerprint density at radius 2 is 1.71 bits per heavy atom. The number of carbonyl (C=O) groups is 3. The average molecular weight is 400 g/mol. The topological polar surface area (TPSA) is 81.8 Å². The van der Waals surface area contributed by atoms with Gasteiger partial charge in [-0.2, -0.15) is 13.2 Å². The van der Waals surface area contributed by atoms with Crippen LogP contribution in [0, 0.1) is 6.92 Å². The highest BCUT2D eigenvalue weighted by Gasteiger charge is 2.28. The number of alkyl halides is 3. The fourth-order valence-electron chi connectivity index (χ4n) is 2.83. The predicted molar refractivity (Wildman–Crippen MR) is 95.5 cm³/mol. The van der Waals surface area contributed by atoms with E-state index in [9.17, 15) is 27.6 Å². The second-order valence-electron chi connectivity index (χ2n) is 6.61. The number of hydrogen-bond acceptors (Lipinski definition) is 4. The van der Waals surface area contributed by atoms with Gasteiger partial charge in [-0.3, -0.25) is 19.8 Å². The molecule has 0 spiro atoms. The molecule has 1 heterocycles. The highest BCUT2D eigenvalue weighted by atomic mass is 19.4. The molecule has 2 N–H and O–H groups in total. The van der Waals surface area contributed by atoms with Crippen molar-refractivity contribution in [1.29, 1.82) is 0 Å². The van der Waals surface area contributed by atoms with Crippen LogP contribution in [0.1, 0.15) is 11.1 Å². The van der Waals surface area contributed by atoms with Gasteiger partial charge < -0.3 is 10.2 Å². The smallest absolute Gasteiger partial charge is 0.340 e. The molecule has 10 heteroatoms. The van der Waals surface area contributed by atoms with Crippen LogP contribution < -0.4 is 10.6 Å². The van der Waals surface area contributed by atoms with Gasteiger partial charge in [-0.1, -0.05) is 24.3 Å². The number of piperazine rings is 1. The van der Waals surface area contributed by atoms with Crippen LogP contribution in [-0.2, 0) is 16.0 Å². The summed E-state index contributed by atoms with van der Waals surface area (Å²) >= 11 is 0. The number of halogens is 3. The van der Waals surface area contributed by atoms with Gasteiger partial charge in [0.05, 0.1) is 13.0 Å². The molecule has 0 unspecified atom stereocenters. The molecule has 1 fully saturated rings. The Kier molecular flexibility index (Phi) is 7.38. The second-order valence-corrected chi connectivity index (χ2v) is 6.61. The summed E-state index contributed by atoms with van der Waals surface area (Å²) in [6, 6.07) is 6.48. The summed E-state index contributed by atoms with van der Waals surface area (Å²) in [5, 5.41) is 3.43. The summed E-state index contributed by atoms with van der Waals surface area (Å²) in [7, 11) is 0. The molecule has 154 valence electrons. The summed E-state index contributed by atoms with van der Waals surface area (Å²) < 4.78 is 36.1. The van der Waals surface area contributed by atoms with E-state index in [0.717, 1.165) is 11.1 Å². The molecule has 1 aromatic rings. The fourth-order valence-corrected chi connectivity index (χ4v) is 2.83. The minimum absolute atomic E-state index is 0.00456. The van der Waals surface area contributed by atoms with Crippen molar-refractivity contribution in [2.75, 3.05) is 39.3 Å². The number of amides is 4. The number of carbonyl (C=O) groups excluding carboxylic acids is 3. The van der Waals surface area contributed by atoms with Crippen molar-refractivity contribution in [2.45, 2.75) is 19.5 Å². The third-order valence-corrected chi connectivity index (χ3v) is 4.40. The van der Waals surface area contributed by atoms with Crippen molar-refractivity contribution in [2.24, 2.45) is 0 Å². The normalized spacial score (nSPS) is 15.2. The lowest BCUT2D eigenvalue weighted by molar-refractivity contribution is -0.132. The van der Waals surface area contributed by atoms with Crippen molar-refractivity contribution >= 4 is 17.8 Å². The molecule has 0 aliphatic carbocycles. The van der Waals surface area contributed by atoms with E-state index in [-0.39, 0.29) is 12.5 Å². The van der Waals surface area contributed by atoms with Crippen LogP contribution in [0.4, 0.5) is 18.0 Å². The molecule has 0 aromatic heterocycles. The SMILES string of the molecule is Cc1ccccc1CC(=O)N1CCN(CC(=O)NC(=O)NCC(F)(F)F)CC1. The molecule has 1 aliphatic rings. The Hall–Kier alpha value is -2.62.